The molecule has 12 heavy (non-hydrogen) atoms. The summed E-state index contributed by atoms with van der Waals surface area (Å²) in [7, 11) is 1.65. The molecule has 2 atom stereocenters. The van der Waals surface area contributed by atoms with Gasteiger partial charge in [-0.25, -0.2) is 0 Å². The molecule has 72 valence electrons. The van der Waals surface area contributed by atoms with Crippen LogP contribution in [0.5, 0.6) is 0 Å². The zero-order chi connectivity index (χ0) is 9.56. The molecular weight excluding hydrogens is 156 g/mol. The molecule has 1 N–H and O–H groups in total. The molecule has 0 saturated heterocycles. The van der Waals surface area contributed by atoms with Crippen molar-refractivity contribution >= 4 is 5.97 Å². The molecule has 0 fully saturated rings. The molecule has 0 aliphatic rings. The first-order valence-corrected chi connectivity index (χ1v) is 4.34. The molecule has 2 unspecified atom stereocenters. The van der Waals surface area contributed by atoms with E-state index in [-0.39, 0.29) is 18.4 Å². The second kappa shape index (κ2) is 6.00. The quantitative estimate of drug-likeness (QED) is 0.669. The lowest BCUT2D eigenvalue weighted by Gasteiger charge is -2.16. The molecule has 0 rings (SSSR count). The van der Waals surface area contributed by atoms with Crippen LogP contribution in [0.2, 0.25) is 0 Å². The second-order valence-electron chi connectivity index (χ2n) is 3.15. The summed E-state index contributed by atoms with van der Waals surface area (Å²) in [4.78, 5) is 10.4. The maximum absolute atomic E-state index is 10.4. The van der Waals surface area contributed by atoms with Crippen molar-refractivity contribution in [2.24, 2.45) is 5.92 Å². The molecule has 0 aromatic heterocycles. The third-order valence-electron chi connectivity index (χ3n) is 2.11. The number of hydrogen-bond acceptors (Lipinski definition) is 2. The van der Waals surface area contributed by atoms with Crippen molar-refractivity contribution in [3.8, 4) is 0 Å². The SMILES string of the molecule is CCC(CC(=O)O)CC(C)OC. The van der Waals surface area contributed by atoms with Gasteiger partial charge < -0.3 is 9.84 Å². The van der Waals surface area contributed by atoms with Crippen molar-refractivity contribution in [1.29, 1.82) is 0 Å². The van der Waals surface area contributed by atoms with E-state index in [9.17, 15) is 4.79 Å². The van der Waals surface area contributed by atoms with Gasteiger partial charge in [-0.2, -0.15) is 0 Å². The number of carboxylic acids is 1. The summed E-state index contributed by atoms with van der Waals surface area (Å²) in [5.74, 6) is -0.470. The predicted octanol–water partition coefficient (Wildman–Crippen LogP) is 1.91. The van der Waals surface area contributed by atoms with Gasteiger partial charge in [0.15, 0.2) is 0 Å². The fourth-order valence-corrected chi connectivity index (χ4v) is 1.21. The van der Waals surface area contributed by atoms with Gasteiger partial charge in [0.05, 0.1) is 6.10 Å². The van der Waals surface area contributed by atoms with Crippen LogP contribution >= 0.6 is 0 Å². The van der Waals surface area contributed by atoms with E-state index in [2.05, 4.69) is 0 Å². The number of rotatable bonds is 6. The Morgan fingerprint density at radius 3 is 2.50 bits per heavy atom. The summed E-state index contributed by atoms with van der Waals surface area (Å²) in [6.45, 7) is 3.97. The van der Waals surface area contributed by atoms with Gasteiger partial charge in [-0.3, -0.25) is 4.79 Å². The van der Waals surface area contributed by atoms with Crippen molar-refractivity contribution in [2.45, 2.75) is 39.2 Å². The molecule has 0 radical (unpaired) electrons. The Kier molecular flexibility index (Phi) is 5.72. The van der Waals surface area contributed by atoms with Crippen molar-refractivity contribution < 1.29 is 14.6 Å². The summed E-state index contributed by atoms with van der Waals surface area (Å²) in [5, 5.41) is 8.56. The van der Waals surface area contributed by atoms with Gasteiger partial charge >= 0.3 is 5.97 Å². The maximum atomic E-state index is 10.4. The monoisotopic (exact) mass is 174 g/mol. The van der Waals surface area contributed by atoms with E-state index in [1.54, 1.807) is 7.11 Å². The van der Waals surface area contributed by atoms with Crippen LogP contribution in [0, 0.1) is 5.92 Å². The summed E-state index contributed by atoms with van der Waals surface area (Å²) in [5.41, 5.74) is 0. The van der Waals surface area contributed by atoms with Crippen LogP contribution in [0.3, 0.4) is 0 Å². The summed E-state index contributed by atoms with van der Waals surface area (Å²) in [6.07, 6.45) is 2.15. The van der Waals surface area contributed by atoms with Gasteiger partial charge in [0.2, 0.25) is 0 Å². The van der Waals surface area contributed by atoms with Crippen LogP contribution in [0.4, 0.5) is 0 Å². The van der Waals surface area contributed by atoms with Gasteiger partial charge in [0, 0.05) is 13.5 Å². The summed E-state index contributed by atoms with van der Waals surface area (Å²) in [6, 6.07) is 0. The van der Waals surface area contributed by atoms with E-state index in [1.807, 2.05) is 13.8 Å². The van der Waals surface area contributed by atoms with Crippen molar-refractivity contribution in [1.82, 2.24) is 0 Å². The van der Waals surface area contributed by atoms with Crippen LogP contribution in [-0.4, -0.2) is 24.3 Å². The first kappa shape index (κ1) is 11.4. The second-order valence-corrected chi connectivity index (χ2v) is 3.15. The normalized spacial score (nSPS) is 15.6. The lowest BCUT2D eigenvalue weighted by Crippen LogP contribution is -2.15. The van der Waals surface area contributed by atoms with Crippen LogP contribution in [-0.2, 0) is 9.53 Å². The zero-order valence-electron chi connectivity index (χ0n) is 8.04. The molecule has 0 amide bonds. The highest BCUT2D eigenvalue weighted by atomic mass is 16.5. The Bertz CT molecular complexity index is 134. The minimum atomic E-state index is -0.717. The van der Waals surface area contributed by atoms with E-state index in [4.69, 9.17) is 9.84 Å². The minimum Gasteiger partial charge on any atom is -0.481 e. The Morgan fingerprint density at radius 1 is 1.58 bits per heavy atom. The van der Waals surface area contributed by atoms with Crippen LogP contribution in [0.15, 0.2) is 0 Å². The number of ether oxygens (including phenoxy) is 1. The van der Waals surface area contributed by atoms with Gasteiger partial charge in [-0.05, 0) is 19.3 Å². The van der Waals surface area contributed by atoms with Gasteiger partial charge in [-0.1, -0.05) is 13.3 Å². The number of carboxylic acid groups (broad SMARTS) is 1. The number of methoxy groups -OCH3 is 1. The van der Waals surface area contributed by atoms with E-state index in [1.165, 1.54) is 0 Å². The largest absolute Gasteiger partial charge is 0.481 e. The van der Waals surface area contributed by atoms with Gasteiger partial charge in [0.1, 0.15) is 0 Å². The average molecular weight is 174 g/mol. The molecule has 0 heterocycles. The topological polar surface area (TPSA) is 46.5 Å². The van der Waals surface area contributed by atoms with Gasteiger partial charge in [-0.15, -0.1) is 0 Å². The highest BCUT2D eigenvalue weighted by Gasteiger charge is 2.14. The molecule has 0 aliphatic heterocycles. The van der Waals surface area contributed by atoms with Crippen molar-refractivity contribution in [3.05, 3.63) is 0 Å². The van der Waals surface area contributed by atoms with Crippen molar-refractivity contribution in [2.75, 3.05) is 7.11 Å². The molecule has 0 aromatic carbocycles. The molecule has 0 aromatic rings. The third-order valence-corrected chi connectivity index (χ3v) is 2.11. The number of hydrogen-bond donors (Lipinski definition) is 1. The lowest BCUT2D eigenvalue weighted by molar-refractivity contribution is -0.138. The molecule has 3 nitrogen and oxygen atoms in total. The molecule has 0 aliphatic carbocycles. The fourth-order valence-electron chi connectivity index (χ4n) is 1.21. The molecular formula is C9H18O3. The van der Waals surface area contributed by atoms with E-state index >= 15 is 0 Å². The van der Waals surface area contributed by atoms with Crippen LogP contribution in [0.25, 0.3) is 0 Å². The predicted molar refractivity (Wildman–Crippen MR) is 47.1 cm³/mol. The maximum Gasteiger partial charge on any atom is 0.303 e. The first-order valence-electron chi connectivity index (χ1n) is 4.34. The zero-order valence-corrected chi connectivity index (χ0v) is 8.04. The molecule has 0 spiro atoms. The summed E-state index contributed by atoms with van der Waals surface area (Å²) >= 11 is 0. The Hall–Kier alpha value is -0.570. The van der Waals surface area contributed by atoms with Crippen LogP contribution in [0.1, 0.15) is 33.1 Å². The Balaban J connectivity index is 3.74. The van der Waals surface area contributed by atoms with E-state index < -0.39 is 5.97 Å². The smallest absolute Gasteiger partial charge is 0.303 e. The van der Waals surface area contributed by atoms with Gasteiger partial charge in [0.25, 0.3) is 0 Å². The average Bonchev–Trinajstić information content (AvgIpc) is 2.02. The molecule has 3 heteroatoms. The van der Waals surface area contributed by atoms with E-state index in [0.717, 1.165) is 12.8 Å². The number of aliphatic carboxylic acids is 1. The third kappa shape index (κ3) is 5.13. The first-order chi connectivity index (χ1) is 5.60. The summed E-state index contributed by atoms with van der Waals surface area (Å²) < 4.78 is 5.07. The fraction of sp³-hybridized carbons (Fsp3) is 0.889. The van der Waals surface area contributed by atoms with Crippen LogP contribution < -0.4 is 0 Å². The molecule has 0 saturated carbocycles. The number of carbonyl (C=O) groups is 1. The molecule has 0 bridgehead atoms. The van der Waals surface area contributed by atoms with Crippen molar-refractivity contribution in [3.63, 3.8) is 0 Å². The minimum absolute atomic E-state index is 0.161. The van der Waals surface area contributed by atoms with E-state index in [0.29, 0.717) is 0 Å². The standard InChI is InChI=1S/C9H18O3/c1-4-8(6-9(10)11)5-7(2)12-3/h7-8H,4-6H2,1-3H3,(H,10,11). The highest BCUT2D eigenvalue weighted by molar-refractivity contribution is 5.66. The Labute approximate surface area is 73.7 Å². The lowest BCUT2D eigenvalue weighted by atomic mass is 9.96. The Morgan fingerprint density at radius 2 is 2.17 bits per heavy atom. The highest BCUT2D eigenvalue weighted by Crippen LogP contribution is 2.16.